The lowest BCUT2D eigenvalue weighted by Gasteiger charge is -2.22. The number of benzene rings is 1. The third-order valence-corrected chi connectivity index (χ3v) is 7.01. The number of imidazole rings is 1. The molecule has 1 aliphatic carbocycles. The molecule has 204 valence electrons. The fourth-order valence-electron chi connectivity index (χ4n) is 5.04. The van der Waals surface area contributed by atoms with Crippen LogP contribution in [0.2, 0.25) is 0 Å². The van der Waals surface area contributed by atoms with E-state index in [2.05, 4.69) is 33.8 Å². The highest BCUT2D eigenvalue weighted by Crippen LogP contribution is 2.53. The Morgan fingerprint density at radius 1 is 1.33 bits per heavy atom. The van der Waals surface area contributed by atoms with Crippen LogP contribution in [0.3, 0.4) is 0 Å². The van der Waals surface area contributed by atoms with Crippen LogP contribution < -0.4 is 5.32 Å². The average Bonchev–Trinajstić information content (AvgIpc) is 3.28. The fraction of sp³-hybridized carbons (Fsp3) is 0.385. The number of carbonyl (C=O) groups is 2. The van der Waals surface area contributed by atoms with Crippen molar-refractivity contribution in [2.45, 2.75) is 36.9 Å². The first-order valence-corrected chi connectivity index (χ1v) is 12.1. The summed E-state index contributed by atoms with van der Waals surface area (Å²) >= 11 is 0. The van der Waals surface area contributed by atoms with Gasteiger partial charge in [-0.1, -0.05) is 12.5 Å². The maximum Gasteiger partial charge on any atom is 0.338 e. The van der Waals surface area contributed by atoms with Gasteiger partial charge in [0.25, 0.3) is 5.92 Å². The fourth-order valence-corrected chi connectivity index (χ4v) is 5.04. The van der Waals surface area contributed by atoms with Crippen LogP contribution in [0.4, 0.5) is 23.4 Å². The summed E-state index contributed by atoms with van der Waals surface area (Å²) in [5, 5.41) is 7.12. The molecule has 0 bridgehead atoms. The van der Waals surface area contributed by atoms with E-state index >= 15 is 0 Å². The molecule has 5 rings (SSSR count). The lowest BCUT2D eigenvalue weighted by atomic mass is 10.1. The number of anilines is 1. The van der Waals surface area contributed by atoms with E-state index in [0.29, 0.717) is 6.42 Å². The van der Waals surface area contributed by atoms with E-state index in [4.69, 9.17) is 4.74 Å². The number of nitrogens with one attached hydrogen (secondary N) is 1. The monoisotopic (exact) mass is 544 g/mol. The number of aromatic nitrogens is 4. The summed E-state index contributed by atoms with van der Waals surface area (Å²) in [5.41, 5.74) is -0.326. The zero-order valence-corrected chi connectivity index (χ0v) is 21.0. The van der Waals surface area contributed by atoms with E-state index < -0.39 is 35.4 Å². The standard InChI is InChI=1S/C26H24F4N6O3/c1-4-22(37)34-11-15(8-16(34)12-39-3)36-25(31-2)23(24(28)38)18(33-36)6-5-14-7-19-20(9-17(14)27)35(13-32-19)21-10-26(21,29)30/h4,7,9,13,15-16,21,31H,1,8,10-12H2,2-3H3/t15-,16+,21-/m0/s1. The summed E-state index contributed by atoms with van der Waals surface area (Å²) in [6.45, 7) is 3.98. The number of carbonyl (C=O) groups excluding carboxylic acids is 2. The number of rotatable bonds is 7. The van der Waals surface area contributed by atoms with Crippen LogP contribution in [0.1, 0.15) is 46.5 Å². The summed E-state index contributed by atoms with van der Waals surface area (Å²) in [6, 6.07) is -1.23. The van der Waals surface area contributed by atoms with Crippen molar-refractivity contribution in [3.63, 3.8) is 0 Å². The summed E-state index contributed by atoms with van der Waals surface area (Å²) in [7, 11) is 2.99. The highest BCUT2D eigenvalue weighted by atomic mass is 19.3. The van der Waals surface area contributed by atoms with Gasteiger partial charge in [0.15, 0.2) is 5.69 Å². The third-order valence-electron chi connectivity index (χ3n) is 7.01. The van der Waals surface area contributed by atoms with Crippen LogP contribution in [0.15, 0.2) is 31.1 Å². The molecule has 0 radical (unpaired) electrons. The van der Waals surface area contributed by atoms with Gasteiger partial charge in [0.05, 0.1) is 41.6 Å². The zero-order valence-electron chi connectivity index (χ0n) is 21.0. The van der Waals surface area contributed by atoms with Gasteiger partial charge in [-0.15, -0.1) is 0 Å². The molecule has 1 aliphatic heterocycles. The molecule has 39 heavy (non-hydrogen) atoms. The molecule has 1 saturated carbocycles. The highest BCUT2D eigenvalue weighted by Gasteiger charge is 2.58. The van der Waals surface area contributed by atoms with E-state index in [-0.39, 0.29) is 59.6 Å². The van der Waals surface area contributed by atoms with Gasteiger partial charge >= 0.3 is 6.04 Å². The topological polar surface area (TPSA) is 94.3 Å². The molecule has 1 aromatic carbocycles. The molecule has 3 heterocycles. The Hall–Kier alpha value is -4.18. The number of methoxy groups -OCH3 is 1. The lowest BCUT2D eigenvalue weighted by Crippen LogP contribution is -2.37. The van der Waals surface area contributed by atoms with Crippen LogP contribution in [0, 0.1) is 17.7 Å². The Balaban J connectivity index is 1.51. The number of hydrogen-bond donors (Lipinski definition) is 1. The molecular formula is C26H24F4N6O3. The SMILES string of the molecule is C=CC(=O)N1C[C@@H](n2nc(C#Cc3cc4ncn([C@H]5CC5(F)F)c4cc3F)c(C(=O)F)c2NC)C[C@@H]1COC. The second-order valence-electron chi connectivity index (χ2n) is 9.44. The predicted octanol–water partition coefficient (Wildman–Crippen LogP) is 3.48. The largest absolute Gasteiger partial charge is 0.383 e. The van der Waals surface area contributed by atoms with Crippen molar-refractivity contribution in [2.75, 3.05) is 32.6 Å². The zero-order chi connectivity index (χ0) is 28.1. The van der Waals surface area contributed by atoms with Crippen LogP contribution >= 0.6 is 0 Å². The van der Waals surface area contributed by atoms with Crippen molar-refractivity contribution < 1.29 is 31.9 Å². The van der Waals surface area contributed by atoms with Gasteiger partial charge in [0.1, 0.15) is 23.2 Å². The van der Waals surface area contributed by atoms with Crippen molar-refractivity contribution in [1.29, 1.82) is 0 Å². The van der Waals surface area contributed by atoms with Gasteiger partial charge in [0, 0.05) is 33.2 Å². The predicted molar refractivity (Wildman–Crippen MR) is 133 cm³/mol. The smallest absolute Gasteiger partial charge is 0.338 e. The molecule has 0 spiro atoms. The number of fused-ring (bicyclic) bond motifs is 1. The van der Waals surface area contributed by atoms with Gasteiger partial charge in [-0.2, -0.15) is 9.49 Å². The minimum Gasteiger partial charge on any atom is -0.383 e. The van der Waals surface area contributed by atoms with Crippen molar-refractivity contribution in [2.24, 2.45) is 0 Å². The summed E-state index contributed by atoms with van der Waals surface area (Å²) < 4.78 is 64.0. The number of ether oxygens (including phenoxy) is 1. The van der Waals surface area contributed by atoms with Gasteiger partial charge in [-0.3, -0.25) is 9.59 Å². The first-order chi connectivity index (χ1) is 18.6. The molecule has 0 unspecified atom stereocenters. The van der Waals surface area contributed by atoms with E-state index in [1.54, 1.807) is 4.90 Å². The van der Waals surface area contributed by atoms with Crippen LogP contribution in [-0.4, -0.2) is 75.4 Å². The first kappa shape index (κ1) is 26.4. The third kappa shape index (κ3) is 4.65. The molecular weight excluding hydrogens is 520 g/mol. The number of hydrogen-bond acceptors (Lipinski definition) is 6. The molecule has 3 aromatic rings. The van der Waals surface area contributed by atoms with Crippen LogP contribution in [0.5, 0.6) is 0 Å². The van der Waals surface area contributed by atoms with E-state index in [0.717, 1.165) is 6.07 Å². The minimum atomic E-state index is -2.86. The highest BCUT2D eigenvalue weighted by molar-refractivity contribution is 5.96. The second-order valence-corrected chi connectivity index (χ2v) is 9.44. The number of nitrogens with zero attached hydrogens (tertiary/aromatic N) is 5. The average molecular weight is 545 g/mol. The van der Waals surface area contributed by atoms with Crippen LogP contribution in [0.25, 0.3) is 11.0 Å². The Morgan fingerprint density at radius 2 is 2.08 bits per heavy atom. The van der Waals surface area contributed by atoms with Crippen molar-refractivity contribution >= 4 is 28.8 Å². The van der Waals surface area contributed by atoms with Crippen LogP contribution in [-0.2, 0) is 9.53 Å². The minimum absolute atomic E-state index is 0.0564. The Bertz CT molecular complexity index is 1550. The normalized spacial score (nSPS) is 21.5. The lowest BCUT2D eigenvalue weighted by molar-refractivity contribution is -0.127. The maximum absolute atomic E-state index is 14.9. The van der Waals surface area contributed by atoms with Crippen molar-refractivity contribution in [3.8, 4) is 11.8 Å². The summed E-state index contributed by atoms with van der Waals surface area (Å²) in [6.07, 6.45) is 2.48. The first-order valence-electron chi connectivity index (χ1n) is 12.1. The van der Waals surface area contributed by atoms with Gasteiger partial charge in [-0.25, -0.2) is 22.8 Å². The Kier molecular flexibility index (Phi) is 6.67. The maximum atomic E-state index is 14.9. The quantitative estimate of drug-likeness (QED) is 0.212. The molecule has 1 amide bonds. The van der Waals surface area contributed by atoms with Gasteiger partial charge in [0.2, 0.25) is 5.91 Å². The number of likely N-dealkylation sites (tertiary alicyclic amines) is 1. The van der Waals surface area contributed by atoms with Crippen molar-refractivity contribution in [3.05, 3.63) is 53.8 Å². The summed E-state index contributed by atoms with van der Waals surface area (Å²) in [5.74, 6) is 1.23. The van der Waals surface area contributed by atoms with E-state index in [1.165, 1.54) is 41.9 Å². The Labute approximate surface area is 220 Å². The second kappa shape index (κ2) is 9.85. The molecule has 2 fully saturated rings. The number of halogens is 4. The van der Waals surface area contributed by atoms with E-state index in [1.807, 2.05) is 0 Å². The summed E-state index contributed by atoms with van der Waals surface area (Å²) in [4.78, 5) is 30.0. The molecule has 13 heteroatoms. The van der Waals surface area contributed by atoms with Gasteiger partial charge < -0.3 is 19.5 Å². The molecule has 1 N–H and O–H groups in total. The van der Waals surface area contributed by atoms with Crippen molar-refractivity contribution in [1.82, 2.24) is 24.2 Å². The molecule has 1 saturated heterocycles. The number of alkyl halides is 2. The molecule has 2 aromatic heterocycles. The molecule has 3 atom stereocenters. The Morgan fingerprint density at radius 3 is 2.69 bits per heavy atom. The number of amides is 1. The molecule has 9 nitrogen and oxygen atoms in total. The van der Waals surface area contributed by atoms with Gasteiger partial charge in [-0.05, 0) is 24.5 Å². The van der Waals surface area contributed by atoms with E-state index in [9.17, 15) is 27.2 Å². The molecule has 2 aliphatic rings.